The average Bonchev–Trinajstić information content (AvgIpc) is 2.04. The van der Waals surface area contributed by atoms with Crippen molar-refractivity contribution in [2.75, 3.05) is 0 Å². The van der Waals surface area contributed by atoms with Gasteiger partial charge in [0, 0.05) is 0 Å². The molecule has 4 nitrogen and oxygen atoms in total. The number of hydrogen-bond donors (Lipinski definition) is 2. The van der Waals surface area contributed by atoms with Crippen molar-refractivity contribution in [2.45, 2.75) is 6.43 Å². The zero-order valence-corrected chi connectivity index (χ0v) is 6.37. The Bertz CT molecular complexity index is 341. The number of nitrogens with two attached hydrogens (primary N) is 1. The molecule has 0 unspecified atom stereocenters. The number of carbonyl (C=O) groups excluding carboxylic acids is 1. The van der Waals surface area contributed by atoms with Crippen molar-refractivity contribution in [1.29, 1.82) is 0 Å². The number of aromatic nitrogens is 1. The first-order valence-electron chi connectivity index (χ1n) is 3.30. The number of nitrogens with zero attached hydrogens (tertiary/aromatic N) is 1. The highest BCUT2D eigenvalue weighted by molar-refractivity contribution is 5.90. The smallest absolute Gasteiger partial charge is 0.284 e. The van der Waals surface area contributed by atoms with Crippen LogP contribution >= 0.6 is 0 Å². The standard InChI is InChI=1S/C7H6F2N2O2/c8-6(9)5-4(12)2-1-3(11-5)7(10)13/h1-2,6,12H,(H2,10,13). The van der Waals surface area contributed by atoms with Crippen LogP contribution < -0.4 is 5.73 Å². The Morgan fingerprint density at radius 2 is 2.15 bits per heavy atom. The van der Waals surface area contributed by atoms with E-state index >= 15 is 0 Å². The quantitative estimate of drug-likeness (QED) is 0.721. The number of rotatable bonds is 2. The molecule has 0 aromatic carbocycles. The summed E-state index contributed by atoms with van der Waals surface area (Å²) in [5.74, 6) is -1.57. The first-order chi connectivity index (χ1) is 6.02. The molecule has 1 aromatic rings. The maximum Gasteiger partial charge on any atom is 0.284 e. The van der Waals surface area contributed by atoms with Gasteiger partial charge in [-0.1, -0.05) is 0 Å². The highest BCUT2D eigenvalue weighted by Gasteiger charge is 2.16. The van der Waals surface area contributed by atoms with Crippen molar-refractivity contribution in [1.82, 2.24) is 4.98 Å². The fourth-order valence-corrected chi connectivity index (χ4v) is 0.765. The minimum Gasteiger partial charge on any atom is -0.506 e. The number of carbonyl (C=O) groups is 1. The van der Waals surface area contributed by atoms with Gasteiger partial charge in [-0.15, -0.1) is 0 Å². The van der Waals surface area contributed by atoms with E-state index in [0.717, 1.165) is 12.1 Å². The number of alkyl halides is 2. The summed E-state index contributed by atoms with van der Waals surface area (Å²) in [6.45, 7) is 0. The van der Waals surface area contributed by atoms with Crippen molar-refractivity contribution in [2.24, 2.45) is 5.73 Å². The van der Waals surface area contributed by atoms with Crippen molar-refractivity contribution in [3.8, 4) is 5.75 Å². The number of primary amides is 1. The molecule has 70 valence electrons. The summed E-state index contributed by atoms with van der Waals surface area (Å²) in [4.78, 5) is 13.7. The molecular weight excluding hydrogens is 182 g/mol. The monoisotopic (exact) mass is 188 g/mol. The first kappa shape index (κ1) is 9.37. The summed E-state index contributed by atoms with van der Waals surface area (Å²) in [6, 6.07) is 2.03. The number of pyridine rings is 1. The summed E-state index contributed by atoms with van der Waals surface area (Å²) < 4.78 is 24.2. The van der Waals surface area contributed by atoms with Gasteiger partial charge in [0.05, 0.1) is 0 Å². The number of amides is 1. The van der Waals surface area contributed by atoms with Crippen LogP contribution in [-0.2, 0) is 0 Å². The van der Waals surface area contributed by atoms with Crippen molar-refractivity contribution >= 4 is 5.91 Å². The van der Waals surface area contributed by atoms with Gasteiger partial charge in [-0.2, -0.15) is 0 Å². The lowest BCUT2D eigenvalue weighted by Crippen LogP contribution is -2.13. The van der Waals surface area contributed by atoms with Crippen LogP contribution in [0.5, 0.6) is 5.75 Å². The molecular formula is C7H6F2N2O2. The van der Waals surface area contributed by atoms with Crippen LogP contribution in [0.1, 0.15) is 22.6 Å². The highest BCUT2D eigenvalue weighted by Crippen LogP contribution is 2.25. The first-order valence-corrected chi connectivity index (χ1v) is 3.30. The van der Waals surface area contributed by atoms with E-state index < -0.39 is 23.8 Å². The zero-order chi connectivity index (χ0) is 10.0. The molecule has 0 aliphatic rings. The fraction of sp³-hybridized carbons (Fsp3) is 0.143. The van der Waals surface area contributed by atoms with Gasteiger partial charge in [-0.25, -0.2) is 13.8 Å². The average molecular weight is 188 g/mol. The largest absolute Gasteiger partial charge is 0.506 e. The van der Waals surface area contributed by atoms with E-state index in [4.69, 9.17) is 10.8 Å². The molecule has 1 amide bonds. The van der Waals surface area contributed by atoms with Gasteiger partial charge in [0.1, 0.15) is 17.1 Å². The van der Waals surface area contributed by atoms with Gasteiger partial charge in [-0.3, -0.25) is 4.79 Å². The molecule has 1 aromatic heterocycles. The Labute approximate surface area is 72.0 Å². The molecule has 6 heteroatoms. The second-order valence-corrected chi connectivity index (χ2v) is 2.27. The summed E-state index contributed by atoms with van der Waals surface area (Å²) in [7, 11) is 0. The Hall–Kier alpha value is -1.72. The Kier molecular flexibility index (Phi) is 2.41. The van der Waals surface area contributed by atoms with E-state index in [1.54, 1.807) is 0 Å². The third-order valence-corrected chi connectivity index (χ3v) is 1.36. The Morgan fingerprint density at radius 1 is 1.54 bits per heavy atom. The van der Waals surface area contributed by atoms with Crippen LogP contribution in [0.15, 0.2) is 12.1 Å². The summed E-state index contributed by atoms with van der Waals surface area (Å²) >= 11 is 0. The minimum atomic E-state index is -2.93. The summed E-state index contributed by atoms with van der Waals surface area (Å²) in [6.07, 6.45) is -2.93. The molecule has 0 radical (unpaired) electrons. The van der Waals surface area contributed by atoms with Gasteiger partial charge >= 0.3 is 0 Å². The Morgan fingerprint density at radius 3 is 2.62 bits per heavy atom. The van der Waals surface area contributed by atoms with Gasteiger partial charge in [-0.05, 0) is 12.1 Å². The third-order valence-electron chi connectivity index (χ3n) is 1.36. The highest BCUT2D eigenvalue weighted by atomic mass is 19.3. The molecule has 0 saturated heterocycles. The molecule has 1 heterocycles. The third kappa shape index (κ3) is 1.90. The number of hydrogen-bond acceptors (Lipinski definition) is 3. The van der Waals surface area contributed by atoms with Crippen molar-refractivity contribution < 1.29 is 18.7 Å². The predicted octanol–water partition coefficient (Wildman–Crippen LogP) is 0.824. The maximum atomic E-state index is 12.1. The molecule has 0 saturated carbocycles. The molecule has 0 fully saturated rings. The van der Waals surface area contributed by atoms with E-state index in [1.165, 1.54) is 0 Å². The molecule has 3 N–H and O–H groups in total. The topological polar surface area (TPSA) is 76.2 Å². The Balaban J connectivity index is 3.19. The van der Waals surface area contributed by atoms with Crippen molar-refractivity contribution in [3.05, 3.63) is 23.5 Å². The molecule has 0 atom stereocenters. The van der Waals surface area contributed by atoms with E-state index in [9.17, 15) is 13.6 Å². The van der Waals surface area contributed by atoms with E-state index in [1.807, 2.05) is 0 Å². The van der Waals surface area contributed by atoms with Crippen LogP contribution in [0.25, 0.3) is 0 Å². The van der Waals surface area contributed by atoms with Gasteiger partial charge < -0.3 is 10.8 Å². The van der Waals surface area contributed by atoms with Crippen LogP contribution in [0.2, 0.25) is 0 Å². The molecule has 0 aliphatic heterocycles. The predicted molar refractivity (Wildman–Crippen MR) is 39.4 cm³/mol. The molecule has 0 spiro atoms. The number of halogens is 2. The summed E-state index contributed by atoms with van der Waals surface area (Å²) in [5.41, 5.74) is 3.67. The van der Waals surface area contributed by atoms with Crippen molar-refractivity contribution in [3.63, 3.8) is 0 Å². The van der Waals surface area contributed by atoms with Crippen LogP contribution in [0.3, 0.4) is 0 Å². The second kappa shape index (κ2) is 3.34. The van der Waals surface area contributed by atoms with Gasteiger partial charge in [0.2, 0.25) is 0 Å². The lowest BCUT2D eigenvalue weighted by Gasteiger charge is -2.02. The normalized spacial score (nSPS) is 10.4. The number of aromatic hydroxyl groups is 1. The zero-order valence-electron chi connectivity index (χ0n) is 6.37. The van der Waals surface area contributed by atoms with Gasteiger partial charge in [0.15, 0.2) is 0 Å². The lowest BCUT2D eigenvalue weighted by molar-refractivity contribution is 0.0993. The van der Waals surface area contributed by atoms with E-state index in [0.29, 0.717) is 0 Å². The van der Waals surface area contributed by atoms with Gasteiger partial charge in [0.25, 0.3) is 12.3 Å². The van der Waals surface area contributed by atoms with Crippen LogP contribution in [-0.4, -0.2) is 16.0 Å². The van der Waals surface area contributed by atoms with Crippen LogP contribution in [0, 0.1) is 0 Å². The van der Waals surface area contributed by atoms with Crippen LogP contribution in [0.4, 0.5) is 8.78 Å². The molecule has 1 rings (SSSR count). The van der Waals surface area contributed by atoms with E-state index in [2.05, 4.69) is 4.98 Å². The second-order valence-electron chi connectivity index (χ2n) is 2.27. The fourth-order valence-electron chi connectivity index (χ4n) is 0.765. The summed E-state index contributed by atoms with van der Waals surface area (Å²) in [5, 5.41) is 8.89. The molecule has 0 bridgehead atoms. The minimum absolute atomic E-state index is 0.298. The van der Waals surface area contributed by atoms with E-state index in [-0.39, 0.29) is 5.69 Å². The SMILES string of the molecule is NC(=O)c1ccc(O)c(C(F)F)n1. The molecule has 0 aliphatic carbocycles. The maximum absolute atomic E-state index is 12.1. The molecule has 13 heavy (non-hydrogen) atoms. The lowest BCUT2D eigenvalue weighted by atomic mass is 10.2.